The molecule has 0 N–H and O–H groups in total. The number of hydrogen-bond acceptors (Lipinski definition) is 1. The molecule has 0 aromatic heterocycles. The molecule has 2 fully saturated rings. The SMILES string of the molecule is CC1CN(C(=O)C2CC2(C)C)CCC1Cl. The summed E-state index contributed by atoms with van der Waals surface area (Å²) in [5, 5.41) is 0.251. The van der Waals surface area contributed by atoms with Gasteiger partial charge in [0.15, 0.2) is 0 Å². The van der Waals surface area contributed by atoms with Crippen LogP contribution >= 0.6 is 11.6 Å². The van der Waals surface area contributed by atoms with Crippen LogP contribution in [0, 0.1) is 17.3 Å². The first kappa shape index (κ1) is 11.3. The van der Waals surface area contributed by atoms with Gasteiger partial charge in [-0.1, -0.05) is 20.8 Å². The number of hydrogen-bond donors (Lipinski definition) is 0. The van der Waals surface area contributed by atoms with Crippen molar-refractivity contribution in [2.24, 2.45) is 17.3 Å². The molecule has 1 aliphatic heterocycles. The molecular weight excluding hydrogens is 210 g/mol. The highest BCUT2D eigenvalue weighted by molar-refractivity contribution is 6.20. The second kappa shape index (κ2) is 3.65. The highest BCUT2D eigenvalue weighted by Gasteiger charge is 2.52. The summed E-state index contributed by atoms with van der Waals surface area (Å²) in [5.41, 5.74) is 0.248. The molecule has 1 heterocycles. The Labute approximate surface area is 97.0 Å². The summed E-state index contributed by atoms with van der Waals surface area (Å²) in [4.78, 5) is 14.1. The molecule has 1 saturated carbocycles. The van der Waals surface area contributed by atoms with Crippen LogP contribution in [0.3, 0.4) is 0 Å². The Balaban J connectivity index is 1.92. The van der Waals surface area contributed by atoms with Gasteiger partial charge in [-0.2, -0.15) is 0 Å². The van der Waals surface area contributed by atoms with E-state index in [0.29, 0.717) is 11.8 Å². The number of amides is 1. The van der Waals surface area contributed by atoms with Crippen molar-refractivity contribution in [2.75, 3.05) is 13.1 Å². The van der Waals surface area contributed by atoms with Gasteiger partial charge in [-0.25, -0.2) is 0 Å². The summed E-state index contributed by atoms with van der Waals surface area (Å²) in [6, 6.07) is 0. The van der Waals surface area contributed by atoms with E-state index in [4.69, 9.17) is 11.6 Å². The second-order valence-corrected chi connectivity index (χ2v) is 6.37. The summed E-state index contributed by atoms with van der Waals surface area (Å²) in [7, 11) is 0. The lowest BCUT2D eigenvalue weighted by atomic mass is 9.98. The van der Waals surface area contributed by atoms with E-state index in [1.54, 1.807) is 0 Å². The molecule has 0 spiro atoms. The summed E-state index contributed by atoms with van der Waals surface area (Å²) >= 11 is 6.15. The fourth-order valence-electron chi connectivity index (χ4n) is 2.43. The average molecular weight is 230 g/mol. The molecule has 3 atom stereocenters. The van der Waals surface area contributed by atoms with Gasteiger partial charge in [-0.05, 0) is 24.2 Å². The quantitative estimate of drug-likeness (QED) is 0.633. The normalized spacial score (nSPS) is 38.9. The number of likely N-dealkylation sites (tertiary alicyclic amines) is 1. The molecule has 3 unspecified atom stereocenters. The Hall–Kier alpha value is -0.240. The zero-order chi connectivity index (χ0) is 11.2. The largest absolute Gasteiger partial charge is 0.342 e. The average Bonchev–Trinajstić information content (AvgIpc) is 2.79. The van der Waals surface area contributed by atoms with Gasteiger partial charge < -0.3 is 4.90 Å². The van der Waals surface area contributed by atoms with Crippen LogP contribution < -0.4 is 0 Å². The predicted molar refractivity (Wildman–Crippen MR) is 61.9 cm³/mol. The lowest BCUT2D eigenvalue weighted by Crippen LogP contribution is -2.44. The van der Waals surface area contributed by atoms with Crippen molar-refractivity contribution < 1.29 is 4.79 Å². The van der Waals surface area contributed by atoms with Crippen LogP contribution in [0.25, 0.3) is 0 Å². The Morgan fingerprint density at radius 2 is 2.07 bits per heavy atom. The Morgan fingerprint density at radius 1 is 1.47 bits per heavy atom. The topological polar surface area (TPSA) is 20.3 Å². The molecule has 86 valence electrons. The number of piperidine rings is 1. The zero-order valence-corrected chi connectivity index (χ0v) is 10.5. The van der Waals surface area contributed by atoms with E-state index in [2.05, 4.69) is 20.8 Å². The van der Waals surface area contributed by atoms with Gasteiger partial charge in [0, 0.05) is 24.4 Å². The van der Waals surface area contributed by atoms with Crippen molar-refractivity contribution in [1.82, 2.24) is 4.90 Å². The van der Waals surface area contributed by atoms with Crippen molar-refractivity contribution in [1.29, 1.82) is 0 Å². The van der Waals surface area contributed by atoms with Crippen molar-refractivity contribution in [3.05, 3.63) is 0 Å². The van der Waals surface area contributed by atoms with Gasteiger partial charge in [0.2, 0.25) is 5.91 Å². The smallest absolute Gasteiger partial charge is 0.226 e. The molecule has 1 amide bonds. The minimum absolute atomic E-state index is 0.248. The third kappa shape index (κ3) is 2.15. The molecule has 2 aliphatic rings. The fourth-order valence-corrected chi connectivity index (χ4v) is 2.60. The first-order chi connectivity index (χ1) is 6.92. The van der Waals surface area contributed by atoms with Gasteiger partial charge in [-0.3, -0.25) is 4.79 Å². The van der Waals surface area contributed by atoms with Crippen LogP contribution in [-0.2, 0) is 4.79 Å². The van der Waals surface area contributed by atoms with Crippen LogP contribution in [0.1, 0.15) is 33.6 Å². The van der Waals surface area contributed by atoms with Gasteiger partial charge >= 0.3 is 0 Å². The summed E-state index contributed by atoms with van der Waals surface area (Å²) < 4.78 is 0. The second-order valence-electron chi connectivity index (χ2n) is 5.81. The molecule has 0 aromatic rings. The predicted octanol–water partition coefficient (Wildman–Crippen LogP) is 2.51. The molecule has 0 bridgehead atoms. The third-order valence-corrected chi connectivity index (χ3v) is 4.57. The summed E-state index contributed by atoms with van der Waals surface area (Å²) in [6.07, 6.45) is 2.00. The van der Waals surface area contributed by atoms with E-state index in [9.17, 15) is 4.79 Å². The first-order valence-electron chi connectivity index (χ1n) is 5.84. The molecule has 0 aromatic carbocycles. The zero-order valence-electron chi connectivity index (χ0n) is 9.79. The van der Waals surface area contributed by atoms with Crippen LogP contribution in [-0.4, -0.2) is 29.3 Å². The summed E-state index contributed by atoms with van der Waals surface area (Å²) in [6.45, 7) is 8.18. The lowest BCUT2D eigenvalue weighted by Gasteiger charge is -2.34. The van der Waals surface area contributed by atoms with E-state index in [0.717, 1.165) is 25.9 Å². The number of halogens is 1. The van der Waals surface area contributed by atoms with Crippen molar-refractivity contribution in [3.8, 4) is 0 Å². The van der Waals surface area contributed by atoms with Gasteiger partial charge in [-0.15, -0.1) is 11.6 Å². The Bertz CT molecular complexity index is 277. The Kier molecular flexibility index (Phi) is 2.74. The highest BCUT2D eigenvalue weighted by atomic mass is 35.5. The molecule has 0 radical (unpaired) electrons. The fraction of sp³-hybridized carbons (Fsp3) is 0.917. The van der Waals surface area contributed by atoms with E-state index < -0.39 is 0 Å². The molecule has 15 heavy (non-hydrogen) atoms. The van der Waals surface area contributed by atoms with Crippen molar-refractivity contribution in [3.63, 3.8) is 0 Å². The van der Waals surface area contributed by atoms with Crippen LogP contribution in [0.4, 0.5) is 0 Å². The van der Waals surface area contributed by atoms with Crippen LogP contribution in [0.15, 0.2) is 0 Å². The number of alkyl halides is 1. The lowest BCUT2D eigenvalue weighted by molar-refractivity contribution is -0.134. The minimum Gasteiger partial charge on any atom is -0.342 e. The maximum absolute atomic E-state index is 12.1. The number of nitrogens with zero attached hydrogens (tertiary/aromatic N) is 1. The maximum atomic E-state index is 12.1. The van der Waals surface area contributed by atoms with Gasteiger partial charge in [0.25, 0.3) is 0 Å². The van der Waals surface area contributed by atoms with E-state index in [-0.39, 0.29) is 16.7 Å². The molecular formula is C12H20ClNO. The molecule has 2 rings (SSSR count). The monoisotopic (exact) mass is 229 g/mol. The third-order valence-electron chi connectivity index (χ3n) is 3.92. The number of carbonyl (C=O) groups is 1. The highest BCUT2D eigenvalue weighted by Crippen LogP contribution is 2.52. The van der Waals surface area contributed by atoms with Crippen molar-refractivity contribution >= 4 is 17.5 Å². The van der Waals surface area contributed by atoms with E-state index >= 15 is 0 Å². The number of carbonyl (C=O) groups excluding carboxylic acids is 1. The molecule has 1 aliphatic carbocycles. The molecule has 3 heteroatoms. The van der Waals surface area contributed by atoms with E-state index in [1.165, 1.54) is 0 Å². The Morgan fingerprint density at radius 3 is 2.53 bits per heavy atom. The maximum Gasteiger partial charge on any atom is 0.226 e. The molecule has 2 nitrogen and oxygen atoms in total. The van der Waals surface area contributed by atoms with Crippen LogP contribution in [0.5, 0.6) is 0 Å². The van der Waals surface area contributed by atoms with E-state index in [1.807, 2.05) is 4.90 Å². The standard InChI is InChI=1S/C12H20ClNO/c1-8-7-14(5-4-10(8)13)11(15)9-6-12(9,2)3/h8-10H,4-7H2,1-3H3. The van der Waals surface area contributed by atoms with Crippen LogP contribution in [0.2, 0.25) is 0 Å². The van der Waals surface area contributed by atoms with Gasteiger partial charge in [0.1, 0.15) is 0 Å². The van der Waals surface area contributed by atoms with Gasteiger partial charge in [0.05, 0.1) is 0 Å². The first-order valence-corrected chi connectivity index (χ1v) is 6.28. The number of rotatable bonds is 1. The molecule has 1 saturated heterocycles. The van der Waals surface area contributed by atoms with Crippen molar-refractivity contribution in [2.45, 2.75) is 39.0 Å². The minimum atomic E-state index is 0.248. The summed E-state index contributed by atoms with van der Waals surface area (Å²) in [5.74, 6) is 1.07.